The van der Waals surface area contributed by atoms with Crippen molar-refractivity contribution in [3.05, 3.63) is 52.0 Å². The molecule has 5 nitrogen and oxygen atoms in total. The van der Waals surface area contributed by atoms with E-state index in [0.717, 1.165) is 45.6 Å². The Hall–Kier alpha value is -1.76. The Morgan fingerprint density at radius 3 is 2.64 bits per heavy atom. The summed E-state index contributed by atoms with van der Waals surface area (Å²) < 4.78 is 0. The Labute approximate surface area is 171 Å². The van der Waals surface area contributed by atoms with E-state index in [0.29, 0.717) is 11.6 Å². The summed E-state index contributed by atoms with van der Waals surface area (Å²) in [5.41, 5.74) is 1.98. The second kappa shape index (κ2) is 9.63. The maximum Gasteiger partial charge on any atom is 0.269 e. The zero-order valence-corrected chi connectivity index (χ0v) is 17.3. The number of carbonyl (C=O) groups excluding carboxylic acids is 1. The molecule has 4 heterocycles. The first kappa shape index (κ1) is 19.6. The summed E-state index contributed by atoms with van der Waals surface area (Å²) in [6.45, 7) is 7.69. The Morgan fingerprint density at radius 1 is 1.11 bits per heavy atom. The number of hydrogen-bond acceptors (Lipinski definition) is 5. The summed E-state index contributed by atoms with van der Waals surface area (Å²) in [6, 6.07) is 7.84. The van der Waals surface area contributed by atoms with Crippen molar-refractivity contribution >= 4 is 17.2 Å². The van der Waals surface area contributed by atoms with E-state index >= 15 is 0 Å². The van der Waals surface area contributed by atoms with Gasteiger partial charge in [0.05, 0.1) is 0 Å². The minimum Gasteiger partial charge on any atom is -0.350 e. The number of piperidine rings is 1. The van der Waals surface area contributed by atoms with Crippen LogP contribution in [0.1, 0.15) is 46.6 Å². The molecular formula is C22H30N4OS. The van der Waals surface area contributed by atoms with E-state index < -0.39 is 0 Å². The lowest BCUT2D eigenvalue weighted by atomic mass is 9.96. The quantitative estimate of drug-likeness (QED) is 0.777. The fourth-order valence-electron chi connectivity index (χ4n) is 4.18. The van der Waals surface area contributed by atoms with Crippen LogP contribution in [-0.4, -0.2) is 53.4 Å². The van der Waals surface area contributed by atoms with Crippen molar-refractivity contribution in [3.63, 3.8) is 0 Å². The molecule has 0 spiro atoms. The molecule has 6 heteroatoms. The van der Waals surface area contributed by atoms with Crippen LogP contribution in [-0.2, 0) is 13.1 Å². The highest BCUT2D eigenvalue weighted by atomic mass is 32.1. The molecule has 150 valence electrons. The van der Waals surface area contributed by atoms with Gasteiger partial charge in [0.25, 0.3) is 5.91 Å². The number of amides is 1. The van der Waals surface area contributed by atoms with Gasteiger partial charge in [-0.2, -0.15) is 0 Å². The molecule has 2 saturated heterocycles. The Kier molecular flexibility index (Phi) is 6.73. The van der Waals surface area contributed by atoms with Gasteiger partial charge in [-0.05, 0) is 86.9 Å². The van der Waals surface area contributed by atoms with E-state index in [9.17, 15) is 4.79 Å². The largest absolute Gasteiger partial charge is 0.350 e. The summed E-state index contributed by atoms with van der Waals surface area (Å²) in [6.07, 6.45) is 6.67. The normalized spacial score (nSPS) is 19.1. The van der Waals surface area contributed by atoms with Crippen LogP contribution in [0.4, 0.5) is 0 Å². The molecule has 2 aliphatic heterocycles. The summed E-state index contributed by atoms with van der Waals surface area (Å²) in [4.78, 5) is 22.9. The molecular weight excluding hydrogens is 368 g/mol. The lowest BCUT2D eigenvalue weighted by Crippen LogP contribution is -2.38. The fraction of sp³-hybridized carbons (Fsp3) is 0.545. The molecule has 2 aliphatic rings. The van der Waals surface area contributed by atoms with Crippen molar-refractivity contribution in [3.8, 4) is 0 Å². The zero-order valence-electron chi connectivity index (χ0n) is 16.5. The van der Waals surface area contributed by atoms with E-state index in [4.69, 9.17) is 0 Å². The highest BCUT2D eigenvalue weighted by Gasteiger charge is 2.21. The van der Waals surface area contributed by atoms with Crippen molar-refractivity contribution < 1.29 is 4.79 Å². The predicted octanol–water partition coefficient (Wildman–Crippen LogP) is 3.38. The molecule has 0 atom stereocenters. The summed E-state index contributed by atoms with van der Waals surface area (Å²) in [5.74, 6) is 0.505. The first-order chi connectivity index (χ1) is 13.8. The topological polar surface area (TPSA) is 48.5 Å². The average molecular weight is 399 g/mol. The van der Waals surface area contributed by atoms with Crippen LogP contribution in [0, 0.1) is 5.92 Å². The standard InChI is InChI=1S/C22H30N4OS/c27-22(21-5-1-2-8-23-21)24-14-18-6-11-26(12-7-18)16-20-13-19(17-28-20)15-25-9-3-4-10-25/h1-2,5,8,13,17-18H,3-4,6-7,9-12,14-16H2,(H,24,27). The number of aromatic nitrogens is 1. The van der Waals surface area contributed by atoms with Gasteiger partial charge in [0.2, 0.25) is 0 Å². The van der Waals surface area contributed by atoms with Crippen molar-refractivity contribution in [2.45, 2.75) is 38.8 Å². The monoisotopic (exact) mass is 398 g/mol. The van der Waals surface area contributed by atoms with Gasteiger partial charge in [0.15, 0.2) is 0 Å². The van der Waals surface area contributed by atoms with Crippen molar-refractivity contribution in [2.75, 3.05) is 32.7 Å². The van der Waals surface area contributed by atoms with Crippen molar-refractivity contribution in [1.29, 1.82) is 0 Å². The average Bonchev–Trinajstić information content (AvgIpc) is 3.40. The lowest BCUT2D eigenvalue weighted by molar-refractivity contribution is 0.0930. The first-order valence-corrected chi connectivity index (χ1v) is 11.3. The van der Waals surface area contributed by atoms with Crippen molar-refractivity contribution in [2.24, 2.45) is 5.92 Å². The van der Waals surface area contributed by atoms with Crippen LogP contribution in [0.25, 0.3) is 0 Å². The molecule has 0 saturated carbocycles. The molecule has 0 aromatic carbocycles. The molecule has 0 aliphatic carbocycles. The number of hydrogen-bond donors (Lipinski definition) is 1. The van der Waals surface area contributed by atoms with Crippen LogP contribution in [0.2, 0.25) is 0 Å². The van der Waals surface area contributed by atoms with E-state index in [1.54, 1.807) is 12.3 Å². The highest BCUT2D eigenvalue weighted by Crippen LogP contribution is 2.23. The maximum absolute atomic E-state index is 12.1. The zero-order chi connectivity index (χ0) is 19.2. The molecule has 2 aromatic heterocycles. The second-order valence-corrected chi connectivity index (χ2v) is 9.04. The minimum absolute atomic E-state index is 0.0628. The number of nitrogens with zero attached hydrogens (tertiary/aromatic N) is 3. The molecule has 0 bridgehead atoms. The molecule has 28 heavy (non-hydrogen) atoms. The third-order valence-corrected chi connectivity index (χ3v) is 6.82. The number of pyridine rings is 1. The molecule has 4 rings (SSSR count). The van der Waals surface area contributed by atoms with Gasteiger partial charge in [0, 0.05) is 30.7 Å². The fourth-order valence-corrected chi connectivity index (χ4v) is 5.11. The van der Waals surface area contributed by atoms with Crippen molar-refractivity contribution in [1.82, 2.24) is 20.1 Å². The molecule has 1 amide bonds. The maximum atomic E-state index is 12.1. The SMILES string of the molecule is O=C(NCC1CCN(Cc2cc(CN3CCCC3)cs2)CC1)c1ccccn1. The smallest absolute Gasteiger partial charge is 0.269 e. The number of carbonyl (C=O) groups is 1. The van der Waals surface area contributed by atoms with Crippen LogP contribution >= 0.6 is 11.3 Å². The van der Waals surface area contributed by atoms with Crippen LogP contribution in [0.15, 0.2) is 35.8 Å². The Balaban J connectivity index is 1.17. The van der Waals surface area contributed by atoms with Gasteiger partial charge in [-0.15, -0.1) is 11.3 Å². The van der Waals surface area contributed by atoms with E-state index in [1.165, 1.54) is 36.4 Å². The Bertz CT molecular complexity index is 749. The minimum atomic E-state index is -0.0628. The predicted molar refractivity (Wildman–Crippen MR) is 113 cm³/mol. The van der Waals surface area contributed by atoms with E-state index in [2.05, 4.69) is 31.5 Å². The van der Waals surface area contributed by atoms with Gasteiger partial charge in [0.1, 0.15) is 5.69 Å². The molecule has 2 aromatic rings. The number of thiophene rings is 1. The van der Waals surface area contributed by atoms with E-state index in [1.807, 2.05) is 23.5 Å². The molecule has 1 N–H and O–H groups in total. The summed E-state index contributed by atoms with van der Waals surface area (Å²) in [7, 11) is 0. The van der Waals surface area contributed by atoms with Crippen LogP contribution in [0.5, 0.6) is 0 Å². The molecule has 0 unspecified atom stereocenters. The number of likely N-dealkylation sites (tertiary alicyclic amines) is 2. The number of nitrogens with one attached hydrogen (secondary N) is 1. The summed E-state index contributed by atoms with van der Waals surface area (Å²) >= 11 is 1.91. The lowest BCUT2D eigenvalue weighted by Gasteiger charge is -2.31. The van der Waals surface area contributed by atoms with Gasteiger partial charge in [-0.25, -0.2) is 0 Å². The Morgan fingerprint density at radius 2 is 1.89 bits per heavy atom. The third kappa shape index (κ3) is 5.40. The first-order valence-electron chi connectivity index (χ1n) is 10.5. The van der Waals surface area contributed by atoms with Gasteiger partial charge < -0.3 is 5.32 Å². The molecule has 0 radical (unpaired) electrons. The number of rotatable bonds is 7. The summed E-state index contributed by atoms with van der Waals surface area (Å²) in [5, 5.41) is 5.39. The second-order valence-electron chi connectivity index (χ2n) is 8.05. The van der Waals surface area contributed by atoms with Gasteiger partial charge >= 0.3 is 0 Å². The van der Waals surface area contributed by atoms with Crippen LogP contribution < -0.4 is 5.32 Å². The van der Waals surface area contributed by atoms with Gasteiger partial charge in [-0.3, -0.25) is 19.6 Å². The highest BCUT2D eigenvalue weighted by molar-refractivity contribution is 7.10. The molecule has 2 fully saturated rings. The van der Waals surface area contributed by atoms with Crippen LogP contribution in [0.3, 0.4) is 0 Å². The van der Waals surface area contributed by atoms with E-state index in [-0.39, 0.29) is 5.91 Å². The third-order valence-electron chi connectivity index (χ3n) is 5.85. The van der Waals surface area contributed by atoms with Gasteiger partial charge in [-0.1, -0.05) is 6.07 Å².